The highest BCUT2D eigenvalue weighted by molar-refractivity contribution is 6.11. The summed E-state index contributed by atoms with van der Waals surface area (Å²) in [7, 11) is 0. The summed E-state index contributed by atoms with van der Waals surface area (Å²) in [6.45, 7) is 8.37. The predicted molar refractivity (Wildman–Crippen MR) is 133 cm³/mol. The van der Waals surface area contributed by atoms with E-state index >= 15 is 0 Å². The number of likely N-dealkylation sites (tertiary alicyclic amines) is 1. The number of halogens is 1. The van der Waals surface area contributed by atoms with Gasteiger partial charge in [-0.15, -0.1) is 0 Å². The molecule has 0 aliphatic carbocycles. The van der Waals surface area contributed by atoms with Crippen LogP contribution >= 0.6 is 0 Å². The van der Waals surface area contributed by atoms with Gasteiger partial charge >= 0.3 is 6.09 Å². The molecule has 1 saturated heterocycles. The van der Waals surface area contributed by atoms with Crippen LogP contribution in [0.5, 0.6) is 0 Å². The van der Waals surface area contributed by atoms with Gasteiger partial charge in [-0.05, 0) is 45.7 Å². The summed E-state index contributed by atoms with van der Waals surface area (Å²) >= 11 is 0. The first-order valence-corrected chi connectivity index (χ1v) is 11.8. The Labute approximate surface area is 207 Å². The van der Waals surface area contributed by atoms with Crippen molar-refractivity contribution in [1.82, 2.24) is 24.3 Å². The first-order chi connectivity index (χ1) is 17.1. The standard InChI is InChI=1S/C26H27FN6O3/c1-15-12-33-14-17(11-20(27)23(33)30-15)31-24(34)19-6-5-18(21-22(19)29-9-8-28-21)16-7-10-32(13-16)25(35)36-26(2,3)4/h5-6,8-9,11-12,14,16H,7,10,13H2,1-4H3,(H,31,34). The number of rotatable bonds is 3. The van der Waals surface area contributed by atoms with Crippen molar-refractivity contribution in [3.05, 3.63) is 65.6 Å². The second kappa shape index (κ2) is 8.85. The molecule has 1 aliphatic rings. The van der Waals surface area contributed by atoms with Crippen LogP contribution in [0.25, 0.3) is 16.7 Å². The first-order valence-electron chi connectivity index (χ1n) is 11.8. The Kier molecular flexibility index (Phi) is 5.82. The average molecular weight is 491 g/mol. The van der Waals surface area contributed by atoms with Gasteiger partial charge in [-0.3, -0.25) is 14.8 Å². The second-order valence-electron chi connectivity index (χ2n) is 10.0. The summed E-state index contributed by atoms with van der Waals surface area (Å²) in [6, 6.07) is 4.80. The van der Waals surface area contributed by atoms with E-state index in [0.717, 1.165) is 12.0 Å². The fraction of sp³-hybridized carbons (Fsp3) is 0.346. The van der Waals surface area contributed by atoms with Gasteiger partial charge in [-0.25, -0.2) is 14.2 Å². The smallest absolute Gasteiger partial charge is 0.410 e. The fourth-order valence-electron chi connectivity index (χ4n) is 4.54. The number of carbonyl (C=O) groups excluding carboxylic acids is 2. The molecular formula is C26H27FN6O3. The van der Waals surface area contributed by atoms with Gasteiger partial charge in [0.15, 0.2) is 11.5 Å². The topological polar surface area (TPSA) is 102 Å². The second-order valence-corrected chi connectivity index (χ2v) is 10.0. The van der Waals surface area contributed by atoms with Gasteiger partial charge < -0.3 is 19.4 Å². The number of fused-ring (bicyclic) bond motifs is 2. The van der Waals surface area contributed by atoms with Gasteiger partial charge in [0.1, 0.15) is 11.1 Å². The van der Waals surface area contributed by atoms with E-state index in [1.807, 2.05) is 26.8 Å². The molecule has 5 rings (SSSR count). The highest BCUT2D eigenvalue weighted by atomic mass is 19.1. The molecule has 36 heavy (non-hydrogen) atoms. The number of nitrogens with one attached hydrogen (secondary N) is 1. The predicted octanol–water partition coefficient (Wildman–Crippen LogP) is 4.70. The van der Waals surface area contributed by atoms with Crippen LogP contribution in [-0.2, 0) is 4.74 Å². The van der Waals surface area contributed by atoms with Crippen molar-refractivity contribution in [2.45, 2.75) is 45.6 Å². The van der Waals surface area contributed by atoms with Crippen LogP contribution in [0.15, 0.2) is 43.0 Å². The Morgan fingerprint density at radius 3 is 2.64 bits per heavy atom. The molecule has 186 valence electrons. The fourth-order valence-corrected chi connectivity index (χ4v) is 4.54. The van der Waals surface area contributed by atoms with E-state index < -0.39 is 17.3 Å². The number of aryl methyl sites for hydroxylation is 1. The zero-order valence-electron chi connectivity index (χ0n) is 20.6. The van der Waals surface area contributed by atoms with Crippen LogP contribution in [-0.4, -0.2) is 54.9 Å². The number of nitrogens with zero attached hydrogens (tertiary/aromatic N) is 5. The van der Waals surface area contributed by atoms with E-state index in [9.17, 15) is 14.0 Å². The van der Waals surface area contributed by atoms with Gasteiger partial charge in [0, 0.05) is 49.9 Å². The first kappa shape index (κ1) is 23.7. The third-order valence-corrected chi connectivity index (χ3v) is 6.07. The number of benzene rings is 1. The van der Waals surface area contributed by atoms with E-state index in [-0.39, 0.29) is 17.7 Å². The molecule has 4 aromatic rings. The highest BCUT2D eigenvalue weighted by Gasteiger charge is 2.32. The molecule has 1 fully saturated rings. The molecule has 1 atom stereocenters. The summed E-state index contributed by atoms with van der Waals surface area (Å²) in [6.07, 6.45) is 6.83. The molecule has 0 saturated carbocycles. The maximum atomic E-state index is 14.5. The van der Waals surface area contributed by atoms with Crippen molar-refractivity contribution in [2.24, 2.45) is 0 Å². The maximum absolute atomic E-state index is 14.5. The summed E-state index contributed by atoms with van der Waals surface area (Å²) in [4.78, 5) is 40.5. The highest BCUT2D eigenvalue weighted by Crippen LogP contribution is 2.33. The van der Waals surface area contributed by atoms with Gasteiger partial charge in [-0.1, -0.05) is 6.07 Å². The Morgan fingerprint density at radius 1 is 1.14 bits per heavy atom. The van der Waals surface area contributed by atoms with Crippen molar-refractivity contribution in [3.8, 4) is 0 Å². The van der Waals surface area contributed by atoms with E-state index in [0.29, 0.717) is 41.1 Å². The van der Waals surface area contributed by atoms with E-state index in [1.54, 1.807) is 36.5 Å². The molecule has 0 bridgehead atoms. The minimum atomic E-state index is -0.563. The van der Waals surface area contributed by atoms with Crippen molar-refractivity contribution >= 4 is 34.4 Å². The number of aromatic nitrogens is 4. The third kappa shape index (κ3) is 4.58. The lowest BCUT2D eigenvalue weighted by atomic mass is 9.95. The molecule has 0 spiro atoms. The molecule has 1 aliphatic heterocycles. The minimum Gasteiger partial charge on any atom is -0.444 e. The van der Waals surface area contributed by atoms with Gasteiger partial charge in [-0.2, -0.15) is 0 Å². The summed E-state index contributed by atoms with van der Waals surface area (Å²) in [5, 5.41) is 2.76. The molecule has 10 heteroatoms. The SMILES string of the molecule is Cc1cn2cc(NC(=O)c3ccc(C4CCN(C(=O)OC(C)(C)C)C4)c4nccnc34)cc(F)c2n1. The number of pyridine rings is 1. The maximum Gasteiger partial charge on any atom is 0.410 e. The lowest BCUT2D eigenvalue weighted by Crippen LogP contribution is -2.35. The van der Waals surface area contributed by atoms with Crippen LogP contribution in [0.4, 0.5) is 14.9 Å². The van der Waals surface area contributed by atoms with Crippen LogP contribution in [0, 0.1) is 12.7 Å². The Morgan fingerprint density at radius 2 is 1.89 bits per heavy atom. The van der Waals surface area contributed by atoms with Crippen LogP contribution in [0.2, 0.25) is 0 Å². The summed E-state index contributed by atoms with van der Waals surface area (Å²) in [5.41, 5.74) is 2.90. The monoisotopic (exact) mass is 490 g/mol. The molecular weight excluding hydrogens is 463 g/mol. The van der Waals surface area contributed by atoms with Crippen molar-refractivity contribution in [1.29, 1.82) is 0 Å². The third-order valence-electron chi connectivity index (χ3n) is 6.07. The zero-order chi connectivity index (χ0) is 25.6. The lowest BCUT2D eigenvalue weighted by Gasteiger charge is -2.24. The largest absolute Gasteiger partial charge is 0.444 e. The zero-order valence-corrected chi connectivity index (χ0v) is 20.6. The van der Waals surface area contributed by atoms with Crippen LogP contribution in [0.1, 0.15) is 54.7 Å². The number of carbonyl (C=O) groups is 2. The average Bonchev–Trinajstić information content (AvgIpc) is 3.44. The quantitative estimate of drug-likeness (QED) is 0.447. The molecule has 1 aromatic carbocycles. The molecule has 9 nitrogen and oxygen atoms in total. The number of imidazole rings is 1. The van der Waals surface area contributed by atoms with Crippen molar-refractivity contribution in [2.75, 3.05) is 18.4 Å². The Bertz CT molecular complexity index is 1490. The molecule has 4 heterocycles. The van der Waals surface area contributed by atoms with Crippen LogP contribution < -0.4 is 5.32 Å². The number of hydrogen-bond donors (Lipinski definition) is 1. The lowest BCUT2D eigenvalue weighted by molar-refractivity contribution is 0.0292. The number of ether oxygens (including phenoxy) is 1. The summed E-state index contributed by atoms with van der Waals surface area (Å²) < 4.78 is 21.5. The normalized spacial score (nSPS) is 16.0. The van der Waals surface area contributed by atoms with E-state index in [2.05, 4.69) is 20.3 Å². The molecule has 1 N–H and O–H groups in total. The number of hydrogen-bond acceptors (Lipinski definition) is 6. The molecule has 3 aromatic heterocycles. The van der Waals surface area contributed by atoms with Gasteiger partial charge in [0.05, 0.1) is 22.5 Å². The Balaban J connectivity index is 1.41. The van der Waals surface area contributed by atoms with Crippen LogP contribution in [0.3, 0.4) is 0 Å². The molecule has 0 radical (unpaired) electrons. The van der Waals surface area contributed by atoms with Gasteiger partial charge in [0.2, 0.25) is 0 Å². The number of anilines is 1. The van der Waals surface area contributed by atoms with Crippen molar-refractivity contribution < 1.29 is 18.7 Å². The van der Waals surface area contributed by atoms with E-state index in [1.165, 1.54) is 16.7 Å². The van der Waals surface area contributed by atoms with Crippen molar-refractivity contribution in [3.63, 3.8) is 0 Å². The molecule has 1 unspecified atom stereocenters. The minimum absolute atomic E-state index is 0.0369. The number of amides is 2. The Hall–Kier alpha value is -4.08. The van der Waals surface area contributed by atoms with Gasteiger partial charge in [0.25, 0.3) is 5.91 Å². The molecule has 2 amide bonds. The van der Waals surface area contributed by atoms with E-state index in [4.69, 9.17) is 4.74 Å². The summed E-state index contributed by atoms with van der Waals surface area (Å²) in [5.74, 6) is -0.920.